The van der Waals surface area contributed by atoms with Crippen molar-refractivity contribution < 1.29 is 18.7 Å². The molecule has 0 spiro atoms. The maximum atomic E-state index is 12.0. The van der Waals surface area contributed by atoms with Crippen molar-refractivity contribution in [2.24, 2.45) is 5.16 Å². The van der Waals surface area contributed by atoms with Crippen molar-refractivity contribution in [3.05, 3.63) is 29.8 Å². The highest BCUT2D eigenvalue weighted by atomic mass is 19.3. The topological polar surface area (TPSA) is 41.8 Å². The summed E-state index contributed by atoms with van der Waals surface area (Å²) in [6.07, 6.45) is -2.03. The second-order valence-electron chi connectivity index (χ2n) is 3.10. The van der Waals surface area contributed by atoms with Crippen LogP contribution in [0.1, 0.15) is 18.9 Å². The number of hydrogen-bond acceptors (Lipinski definition) is 3. The molecular formula is C11H13F2NO2. The van der Waals surface area contributed by atoms with E-state index >= 15 is 0 Å². The van der Waals surface area contributed by atoms with E-state index in [1.165, 1.54) is 0 Å². The molecule has 0 atom stereocenters. The lowest BCUT2D eigenvalue weighted by atomic mass is 10.1. The minimum Gasteiger partial charge on any atom is -0.487 e. The Morgan fingerprint density at radius 2 is 2.12 bits per heavy atom. The van der Waals surface area contributed by atoms with Crippen LogP contribution >= 0.6 is 0 Å². The predicted octanol–water partition coefficient (Wildman–Crippen LogP) is 2.92. The van der Waals surface area contributed by atoms with Crippen LogP contribution in [0.2, 0.25) is 0 Å². The third-order valence-electron chi connectivity index (χ3n) is 2.02. The quantitative estimate of drug-likeness (QED) is 0.479. The van der Waals surface area contributed by atoms with E-state index in [1.54, 1.807) is 31.2 Å². The smallest absolute Gasteiger partial charge is 0.272 e. The maximum Gasteiger partial charge on any atom is 0.272 e. The molecule has 0 amide bonds. The van der Waals surface area contributed by atoms with Crippen LogP contribution in [0.25, 0.3) is 0 Å². The third-order valence-corrected chi connectivity index (χ3v) is 2.02. The zero-order valence-corrected chi connectivity index (χ0v) is 8.86. The summed E-state index contributed by atoms with van der Waals surface area (Å²) in [6.45, 7) is 1.14. The highest BCUT2D eigenvalue weighted by molar-refractivity contribution is 6.02. The zero-order valence-electron chi connectivity index (χ0n) is 8.86. The van der Waals surface area contributed by atoms with Gasteiger partial charge >= 0.3 is 0 Å². The summed E-state index contributed by atoms with van der Waals surface area (Å²) < 4.78 is 29.0. The van der Waals surface area contributed by atoms with Crippen LogP contribution in [-0.2, 0) is 0 Å². The van der Waals surface area contributed by atoms with Gasteiger partial charge in [0, 0.05) is 5.56 Å². The molecule has 0 aliphatic carbocycles. The van der Waals surface area contributed by atoms with Crippen LogP contribution in [-0.4, -0.2) is 24.0 Å². The van der Waals surface area contributed by atoms with Crippen molar-refractivity contribution in [2.45, 2.75) is 19.8 Å². The van der Waals surface area contributed by atoms with E-state index in [0.717, 1.165) is 0 Å². The molecule has 0 saturated heterocycles. The van der Waals surface area contributed by atoms with Crippen LogP contribution in [0, 0.1) is 0 Å². The Labute approximate surface area is 92.3 Å². The van der Waals surface area contributed by atoms with E-state index < -0.39 is 13.0 Å². The molecule has 0 unspecified atom stereocenters. The van der Waals surface area contributed by atoms with Crippen LogP contribution in [0.3, 0.4) is 0 Å². The molecule has 0 fully saturated rings. The first-order valence-electron chi connectivity index (χ1n) is 4.90. The van der Waals surface area contributed by atoms with Gasteiger partial charge in [0.05, 0.1) is 5.71 Å². The lowest BCUT2D eigenvalue weighted by Gasteiger charge is -2.10. The van der Waals surface area contributed by atoms with Crippen molar-refractivity contribution >= 4 is 5.71 Å². The van der Waals surface area contributed by atoms with E-state index in [0.29, 0.717) is 23.4 Å². The minimum atomic E-state index is -2.52. The van der Waals surface area contributed by atoms with Crippen molar-refractivity contribution in [1.29, 1.82) is 0 Å². The van der Waals surface area contributed by atoms with Gasteiger partial charge < -0.3 is 9.94 Å². The molecule has 0 bridgehead atoms. The van der Waals surface area contributed by atoms with Crippen molar-refractivity contribution in [2.75, 3.05) is 6.61 Å². The minimum absolute atomic E-state index is 0.303. The summed E-state index contributed by atoms with van der Waals surface area (Å²) in [5.41, 5.74) is 0.943. The van der Waals surface area contributed by atoms with E-state index in [-0.39, 0.29) is 0 Å². The molecular weight excluding hydrogens is 216 g/mol. The molecule has 0 saturated carbocycles. The summed E-state index contributed by atoms with van der Waals surface area (Å²) >= 11 is 0. The van der Waals surface area contributed by atoms with Gasteiger partial charge in [-0.15, -0.1) is 0 Å². The van der Waals surface area contributed by atoms with Crippen LogP contribution < -0.4 is 4.74 Å². The fourth-order valence-corrected chi connectivity index (χ4v) is 1.30. The average molecular weight is 229 g/mol. The summed E-state index contributed by atoms with van der Waals surface area (Å²) in [6, 6.07) is 6.64. The highest BCUT2D eigenvalue weighted by Crippen LogP contribution is 2.20. The lowest BCUT2D eigenvalue weighted by Crippen LogP contribution is -2.10. The van der Waals surface area contributed by atoms with Crippen LogP contribution in [0.5, 0.6) is 5.75 Å². The number of oxime groups is 1. The average Bonchev–Trinajstić information content (AvgIpc) is 2.29. The number of nitrogens with zero attached hydrogens (tertiary/aromatic N) is 1. The number of alkyl halides is 2. The fourth-order valence-electron chi connectivity index (χ4n) is 1.30. The molecule has 0 aromatic heterocycles. The number of halogens is 2. The van der Waals surface area contributed by atoms with Gasteiger partial charge in [-0.3, -0.25) is 0 Å². The number of ether oxygens (including phenoxy) is 1. The molecule has 0 heterocycles. The molecule has 1 rings (SSSR count). The predicted molar refractivity (Wildman–Crippen MR) is 56.6 cm³/mol. The van der Waals surface area contributed by atoms with Gasteiger partial charge in [0.2, 0.25) is 0 Å². The summed E-state index contributed by atoms with van der Waals surface area (Å²) in [4.78, 5) is 0. The molecule has 88 valence electrons. The number of hydrogen-bond donors (Lipinski definition) is 1. The van der Waals surface area contributed by atoms with Gasteiger partial charge in [-0.25, -0.2) is 8.78 Å². The highest BCUT2D eigenvalue weighted by Gasteiger charge is 2.11. The Bertz CT molecular complexity index is 367. The molecule has 3 nitrogen and oxygen atoms in total. The van der Waals surface area contributed by atoms with Crippen LogP contribution in [0.4, 0.5) is 8.78 Å². The van der Waals surface area contributed by atoms with Crippen molar-refractivity contribution in [1.82, 2.24) is 0 Å². The van der Waals surface area contributed by atoms with Gasteiger partial charge in [0.15, 0.2) is 0 Å². The standard InChI is InChI=1S/C11H13F2NO2/c1-2-9(14-15)8-5-3-4-6-10(8)16-7-11(12)13/h3-6,11,15H,2,7H2,1H3/b14-9+. The largest absolute Gasteiger partial charge is 0.487 e. The first kappa shape index (κ1) is 12.4. The van der Waals surface area contributed by atoms with Crippen molar-refractivity contribution in [3.8, 4) is 5.75 Å². The Hall–Kier alpha value is -1.65. The van der Waals surface area contributed by atoms with Gasteiger partial charge in [-0.2, -0.15) is 0 Å². The van der Waals surface area contributed by atoms with Crippen molar-refractivity contribution in [3.63, 3.8) is 0 Å². The molecule has 1 aromatic rings. The molecule has 1 aromatic carbocycles. The SMILES string of the molecule is CC/C(=N\O)c1ccccc1OCC(F)F. The van der Waals surface area contributed by atoms with E-state index in [4.69, 9.17) is 9.94 Å². The molecule has 5 heteroatoms. The normalized spacial score (nSPS) is 11.9. The molecule has 1 N–H and O–H groups in total. The maximum absolute atomic E-state index is 12.0. The van der Waals surface area contributed by atoms with Gasteiger partial charge in [0.25, 0.3) is 6.43 Å². The summed E-state index contributed by atoms with van der Waals surface area (Å²) in [5.74, 6) is 0.303. The Morgan fingerprint density at radius 3 is 2.69 bits per heavy atom. The van der Waals surface area contributed by atoms with Gasteiger partial charge in [-0.1, -0.05) is 24.2 Å². The molecule has 0 aliphatic heterocycles. The first-order chi connectivity index (χ1) is 7.69. The van der Waals surface area contributed by atoms with Gasteiger partial charge in [0.1, 0.15) is 12.4 Å². The summed E-state index contributed by atoms with van der Waals surface area (Å²) in [7, 11) is 0. The molecule has 16 heavy (non-hydrogen) atoms. The molecule has 0 aliphatic rings. The number of benzene rings is 1. The Kier molecular flexibility index (Phi) is 4.69. The monoisotopic (exact) mass is 229 g/mol. The fraction of sp³-hybridized carbons (Fsp3) is 0.364. The van der Waals surface area contributed by atoms with Crippen LogP contribution in [0.15, 0.2) is 29.4 Å². The van der Waals surface area contributed by atoms with E-state index in [2.05, 4.69) is 5.16 Å². The number of rotatable bonds is 5. The van der Waals surface area contributed by atoms with Gasteiger partial charge in [-0.05, 0) is 18.6 Å². The lowest BCUT2D eigenvalue weighted by molar-refractivity contribution is 0.0818. The van der Waals surface area contributed by atoms with E-state index in [1.807, 2.05) is 0 Å². The third kappa shape index (κ3) is 3.18. The Morgan fingerprint density at radius 1 is 1.44 bits per heavy atom. The van der Waals surface area contributed by atoms with E-state index in [9.17, 15) is 8.78 Å². The summed E-state index contributed by atoms with van der Waals surface area (Å²) in [5, 5.41) is 11.9. The second-order valence-corrected chi connectivity index (χ2v) is 3.10. The molecule has 0 radical (unpaired) electrons. The number of para-hydroxylation sites is 1. The second kappa shape index (κ2) is 6.05. The first-order valence-corrected chi connectivity index (χ1v) is 4.90. The Balaban J connectivity index is 2.91. The zero-order chi connectivity index (χ0) is 12.0.